The van der Waals surface area contributed by atoms with E-state index in [9.17, 15) is 4.79 Å². The fourth-order valence-electron chi connectivity index (χ4n) is 3.17. The molecule has 1 fully saturated rings. The van der Waals surface area contributed by atoms with E-state index in [2.05, 4.69) is 22.1 Å². The number of piperidine rings is 1. The van der Waals surface area contributed by atoms with Gasteiger partial charge in [-0.05, 0) is 42.9 Å². The van der Waals surface area contributed by atoms with Crippen molar-refractivity contribution < 1.29 is 4.79 Å². The molecule has 4 heteroatoms. The topological polar surface area (TPSA) is 45.2 Å². The summed E-state index contributed by atoms with van der Waals surface area (Å²) in [6.07, 6.45) is 5.52. The summed E-state index contributed by atoms with van der Waals surface area (Å²) in [5, 5.41) is 2.93. The second kappa shape index (κ2) is 7.95. The first-order chi connectivity index (χ1) is 11.7. The lowest BCUT2D eigenvalue weighted by Gasteiger charge is -2.31. The number of aryl methyl sites for hydroxylation is 1. The van der Waals surface area contributed by atoms with Gasteiger partial charge in [-0.25, -0.2) is 4.98 Å². The molecule has 1 aliphatic heterocycles. The van der Waals surface area contributed by atoms with Gasteiger partial charge < -0.3 is 10.2 Å². The molecule has 1 saturated heterocycles. The van der Waals surface area contributed by atoms with Crippen LogP contribution in [0.2, 0.25) is 0 Å². The number of carbonyl (C=O) groups excluding carboxylic acids is 1. The third-order valence-electron chi connectivity index (χ3n) is 4.50. The number of anilines is 2. The van der Waals surface area contributed by atoms with E-state index < -0.39 is 0 Å². The summed E-state index contributed by atoms with van der Waals surface area (Å²) < 4.78 is 0. The maximum Gasteiger partial charge on any atom is 0.224 e. The third-order valence-corrected chi connectivity index (χ3v) is 4.50. The van der Waals surface area contributed by atoms with Gasteiger partial charge >= 0.3 is 0 Å². The number of nitrogens with zero attached hydrogens (tertiary/aromatic N) is 2. The Bertz CT molecular complexity index is 654. The summed E-state index contributed by atoms with van der Waals surface area (Å²) in [6.45, 7) is 4.42. The summed E-state index contributed by atoms with van der Waals surface area (Å²) in [5.74, 6) is 1.75. The van der Waals surface area contributed by atoms with Crippen molar-refractivity contribution in [2.45, 2.75) is 32.6 Å². The lowest BCUT2D eigenvalue weighted by atomic mass is 10.0. The van der Waals surface area contributed by atoms with Gasteiger partial charge in [0.15, 0.2) is 0 Å². The van der Waals surface area contributed by atoms with Gasteiger partial charge in [0, 0.05) is 19.5 Å². The predicted molar refractivity (Wildman–Crippen MR) is 98.2 cm³/mol. The van der Waals surface area contributed by atoms with E-state index in [0.29, 0.717) is 6.42 Å². The molecule has 1 aromatic carbocycles. The van der Waals surface area contributed by atoms with Gasteiger partial charge in [0.25, 0.3) is 0 Å². The molecule has 1 N–H and O–H groups in total. The molecule has 1 aliphatic rings. The van der Waals surface area contributed by atoms with Crippen molar-refractivity contribution in [2.75, 3.05) is 23.3 Å². The molecule has 2 heterocycles. The first kappa shape index (κ1) is 16.5. The molecule has 0 aliphatic carbocycles. The van der Waals surface area contributed by atoms with Gasteiger partial charge in [0.1, 0.15) is 5.82 Å². The van der Waals surface area contributed by atoms with Crippen molar-refractivity contribution in [3.8, 4) is 0 Å². The van der Waals surface area contributed by atoms with E-state index in [-0.39, 0.29) is 5.91 Å². The van der Waals surface area contributed by atoms with Crippen LogP contribution in [-0.2, 0) is 11.2 Å². The van der Waals surface area contributed by atoms with E-state index in [1.165, 1.54) is 18.4 Å². The van der Waals surface area contributed by atoms with Crippen LogP contribution in [0.1, 0.15) is 31.7 Å². The van der Waals surface area contributed by atoms with E-state index in [1.807, 2.05) is 42.5 Å². The van der Waals surface area contributed by atoms with E-state index in [1.54, 1.807) is 6.20 Å². The van der Waals surface area contributed by atoms with Gasteiger partial charge in [-0.2, -0.15) is 0 Å². The minimum atomic E-state index is 0.0278. The molecule has 1 atom stereocenters. The second-order valence-corrected chi connectivity index (χ2v) is 6.63. The average Bonchev–Trinajstić information content (AvgIpc) is 2.61. The van der Waals surface area contributed by atoms with Crippen LogP contribution < -0.4 is 10.2 Å². The molecule has 0 saturated carbocycles. The Labute approximate surface area is 143 Å². The Morgan fingerprint density at radius 1 is 1.25 bits per heavy atom. The van der Waals surface area contributed by atoms with E-state index in [4.69, 9.17) is 0 Å². The maximum absolute atomic E-state index is 12.1. The van der Waals surface area contributed by atoms with Crippen LogP contribution >= 0.6 is 0 Å². The van der Waals surface area contributed by atoms with Crippen LogP contribution in [0.15, 0.2) is 48.7 Å². The van der Waals surface area contributed by atoms with Gasteiger partial charge in [-0.1, -0.05) is 37.3 Å². The fraction of sp³-hybridized carbons (Fsp3) is 0.400. The zero-order chi connectivity index (χ0) is 16.8. The molecule has 0 bridgehead atoms. The summed E-state index contributed by atoms with van der Waals surface area (Å²) in [5.41, 5.74) is 1.95. The Morgan fingerprint density at radius 2 is 2.08 bits per heavy atom. The highest BCUT2D eigenvalue weighted by Gasteiger charge is 2.17. The third kappa shape index (κ3) is 4.57. The van der Waals surface area contributed by atoms with E-state index >= 15 is 0 Å². The standard InChI is InChI=1S/C20H25N3O/c1-16-6-5-13-23(15-16)19-11-10-18(14-21-19)22-20(24)12-9-17-7-3-2-4-8-17/h2-4,7-8,10-11,14,16H,5-6,9,12-13,15H2,1H3,(H,22,24). The first-order valence-electron chi connectivity index (χ1n) is 8.75. The lowest BCUT2D eigenvalue weighted by molar-refractivity contribution is -0.116. The Hall–Kier alpha value is -2.36. The van der Waals surface area contributed by atoms with Gasteiger partial charge in [0.2, 0.25) is 5.91 Å². The molecule has 0 spiro atoms. The van der Waals surface area contributed by atoms with Crippen LogP contribution in [0, 0.1) is 5.92 Å². The minimum Gasteiger partial charge on any atom is -0.356 e. The maximum atomic E-state index is 12.1. The zero-order valence-corrected chi connectivity index (χ0v) is 14.2. The smallest absolute Gasteiger partial charge is 0.224 e. The van der Waals surface area contributed by atoms with Crippen LogP contribution in [0.5, 0.6) is 0 Å². The molecule has 126 valence electrons. The number of carbonyl (C=O) groups is 1. The molecule has 2 aromatic rings. The van der Waals surface area contributed by atoms with Crippen LogP contribution in [0.25, 0.3) is 0 Å². The Morgan fingerprint density at radius 3 is 2.79 bits per heavy atom. The Kier molecular flexibility index (Phi) is 5.47. The number of hydrogen-bond acceptors (Lipinski definition) is 3. The van der Waals surface area contributed by atoms with Crippen LogP contribution in [-0.4, -0.2) is 24.0 Å². The van der Waals surface area contributed by atoms with Gasteiger partial charge in [-0.15, -0.1) is 0 Å². The van der Waals surface area contributed by atoms with Crippen molar-refractivity contribution in [1.29, 1.82) is 0 Å². The molecule has 1 amide bonds. The summed E-state index contributed by atoms with van der Waals surface area (Å²) in [6, 6.07) is 14.0. The highest BCUT2D eigenvalue weighted by atomic mass is 16.1. The highest BCUT2D eigenvalue weighted by molar-refractivity contribution is 5.90. The second-order valence-electron chi connectivity index (χ2n) is 6.63. The quantitative estimate of drug-likeness (QED) is 0.908. The molecule has 1 aromatic heterocycles. The largest absolute Gasteiger partial charge is 0.356 e. The lowest BCUT2D eigenvalue weighted by Crippen LogP contribution is -2.34. The molecule has 24 heavy (non-hydrogen) atoms. The molecule has 3 rings (SSSR count). The number of amides is 1. The monoisotopic (exact) mass is 323 g/mol. The number of hydrogen-bond donors (Lipinski definition) is 1. The average molecular weight is 323 g/mol. The van der Waals surface area contributed by atoms with Crippen molar-refractivity contribution in [1.82, 2.24) is 4.98 Å². The zero-order valence-electron chi connectivity index (χ0n) is 14.2. The van der Waals surface area contributed by atoms with Crippen LogP contribution in [0.4, 0.5) is 11.5 Å². The van der Waals surface area contributed by atoms with Crippen molar-refractivity contribution in [3.05, 3.63) is 54.2 Å². The molecule has 4 nitrogen and oxygen atoms in total. The predicted octanol–water partition coefficient (Wildman–Crippen LogP) is 3.89. The molecular weight excluding hydrogens is 298 g/mol. The number of aromatic nitrogens is 1. The van der Waals surface area contributed by atoms with Gasteiger partial charge in [0.05, 0.1) is 11.9 Å². The number of benzene rings is 1. The number of rotatable bonds is 5. The molecular formula is C20H25N3O. The summed E-state index contributed by atoms with van der Waals surface area (Å²) >= 11 is 0. The minimum absolute atomic E-state index is 0.0278. The van der Waals surface area contributed by atoms with Crippen molar-refractivity contribution in [3.63, 3.8) is 0 Å². The number of nitrogens with one attached hydrogen (secondary N) is 1. The summed E-state index contributed by atoms with van der Waals surface area (Å²) in [7, 11) is 0. The van der Waals surface area contributed by atoms with Gasteiger partial charge in [-0.3, -0.25) is 4.79 Å². The molecule has 1 unspecified atom stereocenters. The van der Waals surface area contributed by atoms with Crippen molar-refractivity contribution in [2.24, 2.45) is 5.92 Å². The summed E-state index contributed by atoms with van der Waals surface area (Å²) in [4.78, 5) is 18.9. The fourth-order valence-corrected chi connectivity index (χ4v) is 3.17. The van der Waals surface area contributed by atoms with E-state index in [0.717, 1.165) is 36.9 Å². The Balaban J connectivity index is 1.51. The highest BCUT2D eigenvalue weighted by Crippen LogP contribution is 2.22. The van der Waals surface area contributed by atoms with Crippen LogP contribution in [0.3, 0.4) is 0 Å². The number of pyridine rings is 1. The normalized spacial score (nSPS) is 17.5. The van der Waals surface area contributed by atoms with Crippen molar-refractivity contribution >= 4 is 17.4 Å². The SMILES string of the molecule is CC1CCCN(c2ccc(NC(=O)CCc3ccccc3)cn2)C1. The molecule has 0 radical (unpaired) electrons. The first-order valence-corrected chi connectivity index (χ1v) is 8.75.